The van der Waals surface area contributed by atoms with Crippen LogP contribution in [0.2, 0.25) is 0 Å². The van der Waals surface area contributed by atoms with Gasteiger partial charge in [-0.3, -0.25) is 20.1 Å². The second-order valence-electron chi connectivity index (χ2n) is 10.5. The molecular formula is C29H44N8O. The summed E-state index contributed by atoms with van der Waals surface area (Å²) in [5.41, 5.74) is 5.58. The third-order valence-electron chi connectivity index (χ3n) is 7.02. The molecule has 38 heavy (non-hydrogen) atoms. The molecule has 3 rings (SSSR count). The molecule has 206 valence electrons. The van der Waals surface area contributed by atoms with Crippen LogP contribution in [-0.2, 0) is 6.54 Å². The van der Waals surface area contributed by atoms with Gasteiger partial charge in [-0.1, -0.05) is 39.8 Å². The average molecular weight is 521 g/mol. The minimum absolute atomic E-state index is 0.0819. The zero-order chi connectivity index (χ0) is 27.5. The predicted molar refractivity (Wildman–Crippen MR) is 152 cm³/mol. The summed E-state index contributed by atoms with van der Waals surface area (Å²) >= 11 is 0. The smallest absolute Gasteiger partial charge is 0.269 e. The normalized spacial score (nSPS) is 14.6. The van der Waals surface area contributed by atoms with Crippen molar-refractivity contribution < 1.29 is 4.79 Å². The monoisotopic (exact) mass is 520 g/mol. The first-order valence-corrected chi connectivity index (χ1v) is 13.9. The molecule has 1 aromatic heterocycles. The number of benzene rings is 1. The van der Waals surface area contributed by atoms with Gasteiger partial charge in [0.15, 0.2) is 5.82 Å². The third kappa shape index (κ3) is 8.76. The van der Waals surface area contributed by atoms with Crippen LogP contribution >= 0.6 is 0 Å². The number of anilines is 1. The van der Waals surface area contributed by atoms with Gasteiger partial charge in [0.2, 0.25) is 5.82 Å². The van der Waals surface area contributed by atoms with Crippen LogP contribution in [0.5, 0.6) is 0 Å². The Morgan fingerprint density at radius 2 is 1.76 bits per heavy atom. The van der Waals surface area contributed by atoms with Gasteiger partial charge in [-0.2, -0.15) is 10.2 Å². The molecule has 9 heteroatoms. The predicted octanol–water partition coefficient (Wildman–Crippen LogP) is 3.31. The van der Waals surface area contributed by atoms with Gasteiger partial charge in [-0.15, -0.1) is 0 Å². The van der Waals surface area contributed by atoms with E-state index < -0.39 is 0 Å². The number of nitrogens with zero attached hydrogens (tertiary/aromatic N) is 7. The summed E-state index contributed by atoms with van der Waals surface area (Å²) in [6.07, 6.45) is 2.84. The molecule has 2 aromatic rings. The van der Waals surface area contributed by atoms with E-state index in [0.29, 0.717) is 17.9 Å². The molecule has 0 spiro atoms. The number of hydrogen-bond acceptors (Lipinski definition) is 8. The number of nitrogens with one attached hydrogen (secondary N) is 1. The molecule has 0 unspecified atom stereocenters. The summed E-state index contributed by atoms with van der Waals surface area (Å²) in [6, 6.07) is 9.83. The minimum atomic E-state index is -0.202. The molecule has 1 fully saturated rings. The number of aryl methyl sites for hydroxylation is 1. The molecule has 0 saturated carbocycles. The molecular weight excluding hydrogens is 476 g/mol. The van der Waals surface area contributed by atoms with Crippen molar-refractivity contribution in [1.82, 2.24) is 30.1 Å². The molecule has 1 N–H and O–H groups in total. The van der Waals surface area contributed by atoms with Crippen LogP contribution in [0, 0.1) is 24.2 Å². The number of nitriles is 1. The van der Waals surface area contributed by atoms with Gasteiger partial charge in [-0.25, -0.2) is 4.98 Å². The number of piperazine rings is 1. The Bertz CT molecular complexity index is 1050. The lowest BCUT2D eigenvalue weighted by Crippen LogP contribution is -2.46. The van der Waals surface area contributed by atoms with Gasteiger partial charge in [0.25, 0.3) is 5.91 Å². The molecule has 0 bridgehead atoms. The highest BCUT2D eigenvalue weighted by Crippen LogP contribution is 2.17. The van der Waals surface area contributed by atoms with Gasteiger partial charge in [0.1, 0.15) is 6.07 Å². The fourth-order valence-corrected chi connectivity index (χ4v) is 4.75. The van der Waals surface area contributed by atoms with E-state index in [1.165, 1.54) is 25.1 Å². The van der Waals surface area contributed by atoms with Crippen molar-refractivity contribution in [3.63, 3.8) is 0 Å². The third-order valence-corrected chi connectivity index (χ3v) is 7.02. The Labute approximate surface area is 228 Å². The Hall–Kier alpha value is -3.06. The first-order chi connectivity index (χ1) is 18.3. The first kappa shape index (κ1) is 29.5. The highest BCUT2D eigenvalue weighted by molar-refractivity contribution is 5.95. The lowest BCUT2D eigenvalue weighted by molar-refractivity contribution is 0.0947. The zero-order valence-electron chi connectivity index (χ0n) is 23.8. The maximum atomic E-state index is 13.1. The van der Waals surface area contributed by atoms with E-state index in [1.54, 1.807) is 11.2 Å². The number of aromatic nitrogens is 2. The van der Waals surface area contributed by atoms with E-state index in [0.717, 1.165) is 51.4 Å². The standard InChI is InChI=1S/C29H44N8O/c1-6-34(7-2)13-8-14-35-15-17-36(18-16-35)22-25-9-11-26(12-10-25)29(38)33-37(21-23(3)4)28-24(5)20-31-27(19-30)32-28/h9-12,20,23H,6-8,13-18,21-22H2,1-5H3,(H,33,38). The number of hydrazine groups is 1. The fraction of sp³-hybridized carbons (Fsp3) is 0.586. The molecule has 1 amide bonds. The molecule has 0 atom stereocenters. The van der Waals surface area contributed by atoms with E-state index in [1.807, 2.05) is 37.3 Å². The number of amides is 1. The second-order valence-corrected chi connectivity index (χ2v) is 10.5. The van der Waals surface area contributed by atoms with Crippen LogP contribution in [0.25, 0.3) is 0 Å². The van der Waals surface area contributed by atoms with Gasteiger partial charge < -0.3 is 9.80 Å². The van der Waals surface area contributed by atoms with Gasteiger partial charge in [0.05, 0.1) is 0 Å². The van der Waals surface area contributed by atoms with Crippen molar-refractivity contribution in [2.45, 2.75) is 47.6 Å². The number of hydrogen-bond donors (Lipinski definition) is 1. The number of rotatable bonds is 13. The molecule has 1 saturated heterocycles. The van der Waals surface area contributed by atoms with Crippen LogP contribution in [0.15, 0.2) is 30.5 Å². The minimum Gasteiger partial charge on any atom is -0.304 e. The number of carbonyl (C=O) groups excluding carboxylic acids is 1. The Balaban J connectivity index is 1.52. The summed E-state index contributed by atoms with van der Waals surface area (Å²) in [7, 11) is 0. The fourth-order valence-electron chi connectivity index (χ4n) is 4.75. The Kier molecular flexibility index (Phi) is 11.5. The Morgan fingerprint density at radius 3 is 2.37 bits per heavy atom. The molecule has 9 nitrogen and oxygen atoms in total. The topological polar surface area (TPSA) is 91.6 Å². The van der Waals surface area contributed by atoms with Crippen molar-refractivity contribution in [3.05, 3.63) is 53.0 Å². The van der Waals surface area contributed by atoms with E-state index in [-0.39, 0.29) is 17.6 Å². The Morgan fingerprint density at radius 1 is 1.11 bits per heavy atom. The van der Waals surface area contributed by atoms with E-state index in [2.05, 4.69) is 57.8 Å². The summed E-state index contributed by atoms with van der Waals surface area (Å²) in [5, 5.41) is 10.9. The highest BCUT2D eigenvalue weighted by Gasteiger charge is 2.19. The van der Waals surface area contributed by atoms with Gasteiger partial charge in [-0.05, 0) is 63.1 Å². The lowest BCUT2D eigenvalue weighted by Gasteiger charge is -2.35. The maximum absolute atomic E-state index is 13.1. The molecule has 1 aliphatic rings. The van der Waals surface area contributed by atoms with Crippen molar-refractivity contribution in [1.29, 1.82) is 5.26 Å². The first-order valence-electron chi connectivity index (χ1n) is 13.9. The van der Waals surface area contributed by atoms with Crippen molar-refractivity contribution in [3.8, 4) is 6.07 Å². The van der Waals surface area contributed by atoms with Crippen LogP contribution in [0.1, 0.15) is 61.4 Å². The lowest BCUT2D eigenvalue weighted by atomic mass is 10.1. The van der Waals surface area contributed by atoms with Gasteiger partial charge in [0, 0.05) is 56.6 Å². The molecule has 1 aliphatic heterocycles. The highest BCUT2D eigenvalue weighted by atomic mass is 16.2. The average Bonchev–Trinajstić information content (AvgIpc) is 2.92. The van der Waals surface area contributed by atoms with Gasteiger partial charge >= 0.3 is 0 Å². The van der Waals surface area contributed by atoms with E-state index in [9.17, 15) is 10.1 Å². The van der Waals surface area contributed by atoms with Crippen molar-refractivity contribution in [2.75, 3.05) is 63.9 Å². The molecule has 2 heterocycles. The maximum Gasteiger partial charge on any atom is 0.269 e. The van der Waals surface area contributed by atoms with Crippen LogP contribution in [0.3, 0.4) is 0 Å². The number of carbonyl (C=O) groups is 1. The molecule has 0 aliphatic carbocycles. The van der Waals surface area contributed by atoms with E-state index in [4.69, 9.17) is 0 Å². The summed E-state index contributed by atoms with van der Waals surface area (Å²) < 4.78 is 0. The SMILES string of the molecule is CCN(CC)CCCN1CCN(Cc2ccc(C(=O)NN(CC(C)C)c3nc(C#N)ncc3C)cc2)CC1. The summed E-state index contributed by atoms with van der Waals surface area (Å²) in [4.78, 5) is 29.0. The van der Waals surface area contributed by atoms with Crippen molar-refractivity contribution >= 4 is 11.7 Å². The molecule has 0 radical (unpaired) electrons. The summed E-state index contributed by atoms with van der Waals surface area (Å²) in [6.45, 7) is 20.9. The van der Waals surface area contributed by atoms with Crippen LogP contribution < -0.4 is 10.4 Å². The zero-order valence-corrected chi connectivity index (χ0v) is 23.8. The summed E-state index contributed by atoms with van der Waals surface area (Å²) in [5.74, 6) is 0.702. The quantitative estimate of drug-likeness (QED) is 0.402. The van der Waals surface area contributed by atoms with Crippen molar-refractivity contribution in [2.24, 2.45) is 5.92 Å². The molecule has 1 aromatic carbocycles. The largest absolute Gasteiger partial charge is 0.304 e. The van der Waals surface area contributed by atoms with Crippen LogP contribution in [-0.4, -0.2) is 89.5 Å². The second kappa shape index (κ2) is 14.8. The van der Waals surface area contributed by atoms with E-state index >= 15 is 0 Å². The van der Waals surface area contributed by atoms with Crippen LogP contribution in [0.4, 0.5) is 5.82 Å².